The minimum Gasteiger partial charge on any atom is -0.382 e. The minimum atomic E-state index is -0.108. The van der Waals surface area contributed by atoms with Gasteiger partial charge >= 0.3 is 0 Å². The Balaban J connectivity index is 2.38. The lowest BCUT2D eigenvalue weighted by Gasteiger charge is -2.25. The zero-order valence-electron chi connectivity index (χ0n) is 12.5. The van der Waals surface area contributed by atoms with Crippen LogP contribution in [-0.2, 0) is 14.3 Å². The Labute approximate surface area is 120 Å². The van der Waals surface area contributed by atoms with Crippen molar-refractivity contribution in [3.05, 3.63) is 35.9 Å². The summed E-state index contributed by atoms with van der Waals surface area (Å²) >= 11 is 0. The molecule has 0 fully saturated rings. The van der Waals surface area contributed by atoms with Crippen molar-refractivity contribution in [2.24, 2.45) is 0 Å². The molecule has 1 atom stereocenters. The summed E-state index contributed by atoms with van der Waals surface area (Å²) in [6.45, 7) is 1.55. The molecule has 112 valence electrons. The van der Waals surface area contributed by atoms with E-state index in [2.05, 4.69) is 22.3 Å². The molecule has 0 saturated carbocycles. The lowest BCUT2D eigenvalue weighted by atomic mass is 10.1. The van der Waals surface area contributed by atoms with Crippen LogP contribution >= 0.6 is 0 Å². The van der Waals surface area contributed by atoms with Crippen LogP contribution in [0, 0.1) is 0 Å². The average Bonchev–Trinajstić information content (AvgIpc) is 2.44. The molecule has 1 N–H and O–H groups in total. The van der Waals surface area contributed by atoms with E-state index in [0.717, 1.165) is 0 Å². The van der Waals surface area contributed by atoms with E-state index in [9.17, 15) is 4.79 Å². The number of hydrogen-bond donors (Lipinski definition) is 1. The topological polar surface area (TPSA) is 50.8 Å². The summed E-state index contributed by atoms with van der Waals surface area (Å²) in [5, 5.41) is 2.89. The highest BCUT2D eigenvalue weighted by atomic mass is 16.5. The summed E-state index contributed by atoms with van der Waals surface area (Å²) in [5.41, 5.74) is 1.18. The van der Waals surface area contributed by atoms with E-state index in [-0.39, 0.29) is 18.6 Å². The zero-order chi connectivity index (χ0) is 14.8. The molecule has 0 bridgehead atoms. The van der Waals surface area contributed by atoms with Crippen molar-refractivity contribution in [3.63, 3.8) is 0 Å². The lowest BCUT2D eigenvalue weighted by Crippen LogP contribution is -2.36. The molecule has 0 saturated heterocycles. The van der Waals surface area contributed by atoms with Crippen LogP contribution in [0.1, 0.15) is 11.6 Å². The van der Waals surface area contributed by atoms with Gasteiger partial charge in [0.05, 0.1) is 19.3 Å². The molecule has 1 rings (SSSR count). The third-order valence-corrected chi connectivity index (χ3v) is 2.97. The number of hydrogen-bond acceptors (Lipinski definition) is 4. The Morgan fingerprint density at radius 1 is 1.25 bits per heavy atom. The molecule has 0 aliphatic rings. The van der Waals surface area contributed by atoms with Crippen molar-refractivity contribution in [3.8, 4) is 0 Å². The van der Waals surface area contributed by atoms with Crippen molar-refractivity contribution >= 4 is 5.91 Å². The molecule has 0 aliphatic carbocycles. The molecular weight excluding hydrogens is 256 g/mol. The predicted octanol–water partition coefficient (Wildman–Crippen LogP) is 1.07. The highest BCUT2D eigenvalue weighted by Gasteiger charge is 2.14. The maximum atomic E-state index is 11.7. The van der Waals surface area contributed by atoms with Gasteiger partial charge in [0.25, 0.3) is 0 Å². The summed E-state index contributed by atoms with van der Waals surface area (Å²) in [6, 6.07) is 10.3. The van der Waals surface area contributed by atoms with Crippen LogP contribution in [0.4, 0.5) is 0 Å². The Bertz CT molecular complexity index is 382. The molecule has 1 amide bonds. The van der Waals surface area contributed by atoms with Crippen LogP contribution in [0.5, 0.6) is 0 Å². The quantitative estimate of drug-likeness (QED) is 0.687. The molecule has 20 heavy (non-hydrogen) atoms. The molecule has 5 nitrogen and oxygen atoms in total. The monoisotopic (exact) mass is 280 g/mol. The third kappa shape index (κ3) is 6.14. The van der Waals surface area contributed by atoms with Gasteiger partial charge in [0.1, 0.15) is 6.61 Å². The number of ether oxygens (including phenoxy) is 2. The van der Waals surface area contributed by atoms with Gasteiger partial charge < -0.3 is 19.7 Å². The molecule has 0 aromatic heterocycles. The van der Waals surface area contributed by atoms with Crippen molar-refractivity contribution in [2.75, 3.05) is 47.6 Å². The Morgan fingerprint density at radius 3 is 2.55 bits per heavy atom. The summed E-state index contributed by atoms with van der Waals surface area (Å²) in [7, 11) is 5.60. The molecule has 0 aliphatic heterocycles. The van der Waals surface area contributed by atoms with E-state index >= 15 is 0 Å². The fourth-order valence-corrected chi connectivity index (χ4v) is 1.84. The largest absolute Gasteiger partial charge is 0.382 e. The molecule has 0 spiro atoms. The van der Waals surface area contributed by atoms with E-state index in [4.69, 9.17) is 9.47 Å². The van der Waals surface area contributed by atoms with Gasteiger partial charge in [-0.3, -0.25) is 4.79 Å². The van der Waals surface area contributed by atoms with Crippen LogP contribution in [0.15, 0.2) is 30.3 Å². The van der Waals surface area contributed by atoms with Crippen LogP contribution in [0.3, 0.4) is 0 Å². The summed E-state index contributed by atoms with van der Waals surface area (Å²) in [5.74, 6) is -0.108. The number of likely N-dealkylation sites (N-methyl/N-ethyl adjacent to an activating group) is 1. The van der Waals surface area contributed by atoms with E-state index in [1.807, 2.05) is 32.3 Å². The molecule has 1 aromatic rings. The number of benzene rings is 1. The molecule has 1 aromatic carbocycles. The normalized spacial score (nSPS) is 12.4. The maximum absolute atomic E-state index is 11.7. The second-order valence-electron chi connectivity index (χ2n) is 4.74. The SMILES string of the molecule is COCCOCC(=O)NCC(c1ccccc1)N(C)C. The van der Waals surface area contributed by atoms with Crippen molar-refractivity contribution < 1.29 is 14.3 Å². The average molecular weight is 280 g/mol. The second kappa shape index (κ2) is 9.47. The summed E-state index contributed by atoms with van der Waals surface area (Å²) in [4.78, 5) is 13.8. The Kier molecular flexibility index (Phi) is 7.87. The fourth-order valence-electron chi connectivity index (χ4n) is 1.84. The van der Waals surface area contributed by atoms with Crippen LogP contribution < -0.4 is 5.32 Å². The Hall–Kier alpha value is -1.43. The molecule has 5 heteroatoms. The van der Waals surface area contributed by atoms with Gasteiger partial charge in [0.15, 0.2) is 0 Å². The smallest absolute Gasteiger partial charge is 0.246 e. The van der Waals surface area contributed by atoms with Gasteiger partial charge in [-0.15, -0.1) is 0 Å². The van der Waals surface area contributed by atoms with Gasteiger partial charge in [-0.2, -0.15) is 0 Å². The number of carbonyl (C=O) groups is 1. The first-order valence-electron chi connectivity index (χ1n) is 6.70. The predicted molar refractivity (Wildman–Crippen MR) is 78.6 cm³/mol. The standard InChI is InChI=1S/C15H24N2O3/c1-17(2)14(13-7-5-4-6-8-13)11-16-15(18)12-20-10-9-19-3/h4-8,14H,9-12H2,1-3H3,(H,16,18). The second-order valence-corrected chi connectivity index (χ2v) is 4.74. The van der Waals surface area contributed by atoms with E-state index in [0.29, 0.717) is 19.8 Å². The van der Waals surface area contributed by atoms with Gasteiger partial charge in [-0.25, -0.2) is 0 Å². The number of nitrogens with zero attached hydrogens (tertiary/aromatic N) is 1. The fraction of sp³-hybridized carbons (Fsp3) is 0.533. The number of carbonyl (C=O) groups excluding carboxylic acids is 1. The van der Waals surface area contributed by atoms with Crippen molar-refractivity contribution in [1.82, 2.24) is 10.2 Å². The number of nitrogens with one attached hydrogen (secondary N) is 1. The van der Waals surface area contributed by atoms with Crippen molar-refractivity contribution in [1.29, 1.82) is 0 Å². The van der Waals surface area contributed by atoms with E-state index < -0.39 is 0 Å². The van der Waals surface area contributed by atoms with Gasteiger partial charge in [-0.1, -0.05) is 30.3 Å². The molecule has 1 unspecified atom stereocenters. The third-order valence-electron chi connectivity index (χ3n) is 2.97. The van der Waals surface area contributed by atoms with E-state index in [1.165, 1.54) is 5.56 Å². The minimum absolute atomic E-state index is 0.0678. The molecule has 0 radical (unpaired) electrons. The highest BCUT2D eigenvalue weighted by Crippen LogP contribution is 2.16. The number of rotatable bonds is 9. The number of methoxy groups -OCH3 is 1. The first-order valence-corrected chi connectivity index (χ1v) is 6.70. The first kappa shape index (κ1) is 16.6. The summed E-state index contributed by atoms with van der Waals surface area (Å²) < 4.78 is 10.0. The first-order chi connectivity index (χ1) is 9.65. The van der Waals surface area contributed by atoms with E-state index in [1.54, 1.807) is 7.11 Å². The van der Waals surface area contributed by atoms with Crippen LogP contribution in [0.2, 0.25) is 0 Å². The molecular formula is C15H24N2O3. The van der Waals surface area contributed by atoms with Gasteiger partial charge in [-0.05, 0) is 19.7 Å². The zero-order valence-corrected chi connectivity index (χ0v) is 12.5. The maximum Gasteiger partial charge on any atom is 0.246 e. The molecule has 0 heterocycles. The van der Waals surface area contributed by atoms with Crippen LogP contribution in [0.25, 0.3) is 0 Å². The van der Waals surface area contributed by atoms with Crippen molar-refractivity contribution in [2.45, 2.75) is 6.04 Å². The van der Waals surface area contributed by atoms with Gasteiger partial charge in [0.2, 0.25) is 5.91 Å². The summed E-state index contributed by atoms with van der Waals surface area (Å²) in [6.07, 6.45) is 0. The Morgan fingerprint density at radius 2 is 1.95 bits per heavy atom. The lowest BCUT2D eigenvalue weighted by molar-refractivity contribution is -0.126. The number of amides is 1. The van der Waals surface area contributed by atoms with Crippen LogP contribution in [-0.4, -0.2) is 58.4 Å². The van der Waals surface area contributed by atoms with Gasteiger partial charge in [0, 0.05) is 13.7 Å². The highest BCUT2D eigenvalue weighted by molar-refractivity contribution is 5.77.